The van der Waals surface area contributed by atoms with Gasteiger partial charge in [-0.15, -0.1) is 0 Å². The number of hydrogen-bond acceptors (Lipinski definition) is 2. The molecule has 2 aromatic rings. The maximum Gasteiger partial charge on any atom is 0.102 e. The molecule has 0 radical (unpaired) electrons. The van der Waals surface area contributed by atoms with Crippen molar-refractivity contribution in [2.45, 2.75) is 0 Å². The summed E-state index contributed by atoms with van der Waals surface area (Å²) in [4.78, 5) is 0. The second-order valence-corrected chi connectivity index (χ2v) is 4.11. The lowest BCUT2D eigenvalue weighted by atomic mass is 9.96. The van der Waals surface area contributed by atoms with Crippen LogP contribution in [0, 0.1) is 11.3 Å². The van der Waals surface area contributed by atoms with Crippen LogP contribution in [0.3, 0.4) is 0 Å². The highest BCUT2D eigenvalue weighted by Gasteiger charge is 2.10. The molecule has 0 saturated carbocycles. The zero-order valence-electron chi connectivity index (χ0n) is 10.5. The molecule has 0 fully saturated rings. The standard InChI is InChI=1S/C17H14N2/c1-13(14-8-4-2-5-9-14)16(12-18)17(19)15-10-6-3-7-11-15/h2-11H,1,19H2/b17-16-. The van der Waals surface area contributed by atoms with Crippen molar-refractivity contribution in [1.29, 1.82) is 5.26 Å². The molecule has 92 valence electrons. The number of rotatable bonds is 3. The average Bonchev–Trinajstić information content (AvgIpc) is 2.49. The number of nitrogens with two attached hydrogens (primary N) is 1. The predicted molar refractivity (Wildman–Crippen MR) is 78.6 cm³/mol. The fourth-order valence-corrected chi connectivity index (χ4v) is 1.84. The Hall–Kier alpha value is -2.79. The molecule has 0 aliphatic carbocycles. The van der Waals surface area contributed by atoms with Gasteiger partial charge in [0.15, 0.2) is 0 Å². The first-order chi connectivity index (χ1) is 9.24. The van der Waals surface area contributed by atoms with Crippen LogP contribution < -0.4 is 5.73 Å². The van der Waals surface area contributed by atoms with Crippen molar-refractivity contribution < 1.29 is 0 Å². The molecular formula is C17H14N2. The van der Waals surface area contributed by atoms with Crippen LogP contribution in [0.5, 0.6) is 0 Å². The molecule has 2 N–H and O–H groups in total. The maximum atomic E-state index is 9.34. The highest BCUT2D eigenvalue weighted by atomic mass is 14.6. The van der Waals surface area contributed by atoms with E-state index >= 15 is 0 Å². The lowest BCUT2D eigenvalue weighted by molar-refractivity contribution is 1.44. The monoisotopic (exact) mass is 246 g/mol. The van der Waals surface area contributed by atoms with Crippen molar-refractivity contribution in [2.75, 3.05) is 0 Å². The molecule has 0 spiro atoms. The Labute approximate surface area is 113 Å². The smallest absolute Gasteiger partial charge is 0.102 e. The summed E-state index contributed by atoms with van der Waals surface area (Å²) in [5.41, 5.74) is 9.33. The van der Waals surface area contributed by atoms with Crippen molar-refractivity contribution >= 4 is 11.3 Å². The molecule has 0 saturated heterocycles. The van der Waals surface area contributed by atoms with Crippen LogP contribution in [0.25, 0.3) is 11.3 Å². The molecule has 2 aromatic carbocycles. The molecule has 19 heavy (non-hydrogen) atoms. The van der Waals surface area contributed by atoms with E-state index in [1.54, 1.807) is 0 Å². The fourth-order valence-electron chi connectivity index (χ4n) is 1.84. The summed E-state index contributed by atoms with van der Waals surface area (Å²) in [6, 6.07) is 21.2. The fraction of sp³-hybridized carbons (Fsp3) is 0. The van der Waals surface area contributed by atoms with Crippen LogP contribution in [0.1, 0.15) is 11.1 Å². The van der Waals surface area contributed by atoms with Gasteiger partial charge in [-0.1, -0.05) is 67.2 Å². The van der Waals surface area contributed by atoms with Crippen LogP contribution >= 0.6 is 0 Å². The van der Waals surface area contributed by atoms with Crippen LogP contribution in [0.2, 0.25) is 0 Å². The largest absolute Gasteiger partial charge is 0.397 e. The molecule has 0 heterocycles. The summed E-state index contributed by atoms with van der Waals surface area (Å²) in [6.07, 6.45) is 0. The molecule has 0 aliphatic rings. The van der Waals surface area contributed by atoms with Gasteiger partial charge in [0.2, 0.25) is 0 Å². The Morgan fingerprint density at radius 2 is 1.37 bits per heavy atom. The second-order valence-electron chi connectivity index (χ2n) is 4.11. The summed E-state index contributed by atoms with van der Waals surface area (Å²) >= 11 is 0. The third kappa shape index (κ3) is 2.72. The summed E-state index contributed by atoms with van der Waals surface area (Å²) in [5, 5.41) is 9.34. The Morgan fingerprint density at radius 3 is 1.84 bits per heavy atom. The van der Waals surface area contributed by atoms with E-state index in [4.69, 9.17) is 5.73 Å². The molecular weight excluding hydrogens is 232 g/mol. The third-order valence-electron chi connectivity index (χ3n) is 2.89. The van der Waals surface area contributed by atoms with E-state index in [9.17, 15) is 5.26 Å². The topological polar surface area (TPSA) is 49.8 Å². The first kappa shape index (κ1) is 12.7. The number of nitriles is 1. The van der Waals surface area contributed by atoms with Gasteiger partial charge in [0, 0.05) is 0 Å². The van der Waals surface area contributed by atoms with Gasteiger partial charge in [-0.25, -0.2) is 0 Å². The van der Waals surface area contributed by atoms with Gasteiger partial charge in [-0.2, -0.15) is 5.26 Å². The van der Waals surface area contributed by atoms with E-state index in [2.05, 4.69) is 12.6 Å². The summed E-state index contributed by atoms with van der Waals surface area (Å²) in [7, 11) is 0. The molecule has 0 amide bonds. The quantitative estimate of drug-likeness (QED) is 0.664. The van der Waals surface area contributed by atoms with Gasteiger partial charge in [0.25, 0.3) is 0 Å². The van der Waals surface area contributed by atoms with Crippen molar-refractivity contribution in [1.82, 2.24) is 0 Å². The third-order valence-corrected chi connectivity index (χ3v) is 2.89. The first-order valence-corrected chi connectivity index (χ1v) is 5.94. The zero-order chi connectivity index (χ0) is 13.7. The van der Waals surface area contributed by atoms with Gasteiger partial charge in [-0.05, 0) is 16.7 Å². The van der Waals surface area contributed by atoms with Crippen LogP contribution in [-0.2, 0) is 0 Å². The lowest BCUT2D eigenvalue weighted by Gasteiger charge is -2.09. The Bertz CT molecular complexity index is 647. The van der Waals surface area contributed by atoms with Crippen molar-refractivity contribution in [3.8, 4) is 6.07 Å². The van der Waals surface area contributed by atoms with Crippen LogP contribution in [0.15, 0.2) is 72.8 Å². The maximum absolute atomic E-state index is 9.34. The number of hydrogen-bond donors (Lipinski definition) is 1. The van der Waals surface area contributed by atoms with Gasteiger partial charge < -0.3 is 5.73 Å². The van der Waals surface area contributed by atoms with E-state index in [0.717, 1.165) is 11.1 Å². The van der Waals surface area contributed by atoms with Crippen molar-refractivity contribution in [3.05, 3.63) is 83.9 Å². The molecule has 0 unspecified atom stereocenters. The highest BCUT2D eigenvalue weighted by molar-refractivity contribution is 5.91. The van der Waals surface area contributed by atoms with E-state index in [1.165, 1.54) is 0 Å². The molecule has 2 nitrogen and oxygen atoms in total. The number of allylic oxidation sites excluding steroid dienone is 2. The minimum atomic E-state index is 0.414. The summed E-state index contributed by atoms with van der Waals surface area (Å²) < 4.78 is 0. The van der Waals surface area contributed by atoms with E-state index in [-0.39, 0.29) is 0 Å². The molecule has 0 bridgehead atoms. The lowest BCUT2D eigenvalue weighted by Crippen LogP contribution is -2.02. The van der Waals surface area contributed by atoms with Gasteiger partial charge in [0.1, 0.15) is 6.07 Å². The first-order valence-electron chi connectivity index (χ1n) is 5.94. The minimum Gasteiger partial charge on any atom is -0.397 e. The SMILES string of the molecule is C=C(/C(C#N)=C(\N)c1ccccc1)c1ccccc1. The van der Waals surface area contributed by atoms with Gasteiger partial charge in [-0.3, -0.25) is 0 Å². The van der Waals surface area contributed by atoms with Crippen molar-refractivity contribution in [2.24, 2.45) is 5.73 Å². The minimum absolute atomic E-state index is 0.414. The van der Waals surface area contributed by atoms with Gasteiger partial charge >= 0.3 is 0 Å². The Balaban J connectivity index is 2.46. The number of benzene rings is 2. The Morgan fingerprint density at radius 1 is 0.895 bits per heavy atom. The normalized spacial score (nSPS) is 11.3. The second kappa shape index (κ2) is 5.70. The van der Waals surface area contributed by atoms with E-state index < -0.39 is 0 Å². The molecule has 0 aliphatic heterocycles. The van der Waals surface area contributed by atoms with E-state index in [0.29, 0.717) is 16.8 Å². The summed E-state index contributed by atoms with van der Waals surface area (Å²) in [6.45, 7) is 3.98. The average molecular weight is 246 g/mol. The number of nitrogens with zero attached hydrogens (tertiary/aromatic N) is 1. The van der Waals surface area contributed by atoms with Crippen LogP contribution in [0.4, 0.5) is 0 Å². The van der Waals surface area contributed by atoms with Gasteiger partial charge in [0.05, 0.1) is 11.3 Å². The molecule has 0 aromatic heterocycles. The molecule has 2 rings (SSSR count). The van der Waals surface area contributed by atoms with Crippen molar-refractivity contribution in [3.63, 3.8) is 0 Å². The molecule has 0 atom stereocenters. The van der Waals surface area contributed by atoms with E-state index in [1.807, 2.05) is 60.7 Å². The molecule has 2 heteroatoms. The Kier molecular flexibility index (Phi) is 3.80. The summed E-state index contributed by atoms with van der Waals surface area (Å²) in [5.74, 6) is 0. The predicted octanol–water partition coefficient (Wildman–Crippen LogP) is 3.59. The van der Waals surface area contributed by atoms with Crippen LogP contribution in [-0.4, -0.2) is 0 Å². The highest BCUT2D eigenvalue weighted by Crippen LogP contribution is 2.25. The zero-order valence-corrected chi connectivity index (χ0v) is 10.5.